The molecule has 0 saturated heterocycles. The Balaban J connectivity index is 1.72. The largest absolute Gasteiger partial charge is 0.497 e. The van der Waals surface area contributed by atoms with Crippen LogP contribution in [0.15, 0.2) is 24.5 Å². The fourth-order valence-electron chi connectivity index (χ4n) is 1.85. The van der Waals surface area contributed by atoms with Crippen molar-refractivity contribution in [1.29, 1.82) is 0 Å². The van der Waals surface area contributed by atoms with Gasteiger partial charge in [-0.2, -0.15) is 0 Å². The van der Waals surface area contributed by atoms with E-state index in [1.54, 1.807) is 13.3 Å². The molecular weight excluding hydrogens is 242 g/mol. The molecule has 2 aromatic rings. The van der Waals surface area contributed by atoms with Gasteiger partial charge in [-0.3, -0.25) is 9.67 Å². The second-order valence-electron chi connectivity index (χ2n) is 4.34. The van der Waals surface area contributed by atoms with E-state index in [0.717, 1.165) is 43.2 Å². The maximum atomic E-state index is 5.23. The summed E-state index contributed by atoms with van der Waals surface area (Å²) < 4.78 is 7.05. The van der Waals surface area contributed by atoms with E-state index in [-0.39, 0.29) is 0 Å². The van der Waals surface area contributed by atoms with Crippen LogP contribution in [-0.2, 0) is 13.1 Å². The summed E-state index contributed by atoms with van der Waals surface area (Å²) >= 11 is 0. The zero-order chi connectivity index (χ0) is 13.5. The van der Waals surface area contributed by atoms with E-state index in [1.165, 1.54) is 0 Å². The van der Waals surface area contributed by atoms with Crippen LogP contribution in [-0.4, -0.2) is 33.6 Å². The van der Waals surface area contributed by atoms with Gasteiger partial charge in [0.2, 0.25) is 0 Å². The zero-order valence-electron chi connectivity index (χ0n) is 11.3. The van der Waals surface area contributed by atoms with Crippen LogP contribution in [0.3, 0.4) is 0 Å². The molecule has 0 amide bonds. The molecule has 0 radical (unpaired) electrons. The van der Waals surface area contributed by atoms with Crippen LogP contribution in [0.5, 0.6) is 5.75 Å². The highest BCUT2D eigenvalue weighted by molar-refractivity contribution is 5.26. The summed E-state index contributed by atoms with van der Waals surface area (Å²) in [6, 6.07) is 3.88. The smallest absolute Gasteiger partial charge is 0.122 e. The fraction of sp³-hybridized carbons (Fsp3) is 0.462. The Morgan fingerprint density at radius 3 is 3.00 bits per heavy atom. The molecule has 0 aliphatic carbocycles. The van der Waals surface area contributed by atoms with Crippen molar-refractivity contribution in [3.63, 3.8) is 0 Å². The Bertz CT molecular complexity index is 498. The van der Waals surface area contributed by atoms with Crippen molar-refractivity contribution >= 4 is 0 Å². The minimum Gasteiger partial charge on any atom is -0.497 e. The average molecular weight is 261 g/mol. The molecule has 0 bridgehead atoms. The van der Waals surface area contributed by atoms with E-state index in [1.807, 2.05) is 29.9 Å². The molecule has 102 valence electrons. The minimum atomic E-state index is 0.745. The molecule has 0 fully saturated rings. The summed E-state index contributed by atoms with van der Waals surface area (Å²) in [7, 11) is 1.67. The SMILES string of the molecule is COc1cc(C)nc(CNCCCn2ccnn2)c1. The molecule has 19 heavy (non-hydrogen) atoms. The van der Waals surface area contributed by atoms with Crippen molar-refractivity contribution in [3.8, 4) is 5.75 Å². The maximum Gasteiger partial charge on any atom is 0.122 e. The Kier molecular flexibility index (Phi) is 4.85. The normalized spacial score (nSPS) is 10.6. The van der Waals surface area contributed by atoms with E-state index in [9.17, 15) is 0 Å². The second kappa shape index (κ2) is 6.84. The number of ether oxygens (including phenoxy) is 1. The van der Waals surface area contributed by atoms with Crippen LogP contribution in [0.4, 0.5) is 0 Å². The van der Waals surface area contributed by atoms with Gasteiger partial charge in [-0.05, 0) is 19.9 Å². The molecule has 2 heterocycles. The van der Waals surface area contributed by atoms with Crippen molar-refractivity contribution in [2.45, 2.75) is 26.4 Å². The minimum absolute atomic E-state index is 0.745. The Hall–Kier alpha value is -1.95. The second-order valence-corrected chi connectivity index (χ2v) is 4.34. The molecule has 6 nitrogen and oxygen atoms in total. The highest BCUT2D eigenvalue weighted by atomic mass is 16.5. The topological polar surface area (TPSA) is 64.9 Å². The number of methoxy groups -OCH3 is 1. The van der Waals surface area contributed by atoms with Crippen LogP contribution in [0.1, 0.15) is 17.8 Å². The van der Waals surface area contributed by atoms with Crippen LogP contribution in [0, 0.1) is 6.92 Å². The number of aromatic nitrogens is 4. The summed E-state index contributed by atoms with van der Waals surface area (Å²) in [5.74, 6) is 0.854. The van der Waals surface area contributed by atoms with Crippen molar-refractivity contribution < 1.29 is 4.74 Å². The van der Waals surface area contributed by atoms with Crippen LogP contribution in [0.2, 0.25) is 0 Å². The van der Waals surface area contributed by atoms with Crippen LogP contribution in [0.25, 0.3) is 0 Å². The lowest BCUT2D eigenvalue weighted by molar-refractivity contribution is 0.412. The van der Waals surface area contributed by atoms with E-state index >= 15 is 0 Å². The first-order valence-corrected chi connectivity index (χ1v) is 6.34. The van der Waals surface area contributed by atoms with Gasteiger partial charge in [-0.15, -0.1) is 5.10 Å². The molecule has 6 heteroatoms. The number of rotatable bonds is 7. The highest BCUT2D eigenvalue weighted by Crippen LogP contribution is 2.12. The van der Waals surface area contributed by atoms with Crippen molar-refractivity contribution in [2.75, 3.05) is 13.7 Å². The maximum absolute atomic E-state index is 5.23. The van der Waals surface area contributed by atoms with Crippen molar-refractivity contribution in [3.05, 3.63) is 35.9 Å². The van der Waals surface area contributed by atoms with E-state index in [0.29, 0.717) is 0 Å². The Morgan fingerprint density at radius 2 is 2.26 bits per heavy atom. The monoisotopic (exact) mass is 261 g/mol. The number of pyridine rings is 1. The summed E-state index contributed by atoms with van der Waals surface area (Å²) in [6.07, 6.45) is 4.57. The average Bonchev–Trinajstić information content (AvgIpc) is 2.91. The first-order chi connectivity index (χ1) is 9.28. The third-order valence-electron chi connectivity index (χ3n) is 2.73. The number of hydrogen-bond donors (Lipinski definition) is 1. The molecular formula is C13H19N5O. The molecule has 0 aromatic carbocycles. The van der Waals surface area contributed by atoms with Crippen molar-refractivity contribution in [1.82, 2.24) is 25.3 Å². The van der Waals surface area contributed by atoms with Gasteiger partial charge >= 0.3 is 0 Å². The predicted octanol–water partition coefficient (Wildman–Crippen LogP) is 1.17. The summed E-state index contributed by atoms with van der Waals surface area (Å²) in [4.78, 5) is 4.46. The number of nitrogens with zero attached hydrogens (tertiary/aromatic N) is 4. The lowest BCUT2D eigenvalue weighted by Crippen LogP contribution is -2.17. The van der Waals surface area contributed by atoms with Gasteiger partial charge < -0.3 is 10.1 Å². The number of nitrogens with one attached hydrogen (secondary N) is 1. The summed E-state index contributed by atoms with van der Waals surface area (Å²) in [5.41, 5.74) is 1.97. The molecule has 0 atom stereocenters. The number of hydrogen-bond acceptors (Lipinski definition) is 5. The third kappa shape index (κ3) is 4.33. The van der Waals surface area contributed by atoms with Gasteiger partial charge in [0.15, 0.2) is 0 Å². The van der Waals surface area contributed by atoms with Crippen molar-refractivity contribution in [2.24, 2.45) is 0 Å². The lowest BCUT2D eigenvalue weighted by atomic mass is 10.3. The van der Waals surface area contributed by atoms with E-state index in [2.05, 4.69) is 20.6 Å². The molecule has 0 aliphatic rings. The van der Waals surface area contributed by atoms with Gasteiger partial charge in [0, 0.05) is 37.1 Å². The van der Waals surface area contributed by atoms with Gasteiger partial charge in [-0.1, -0.05) is 5.21 Å². The summed E-state index contributed by atoms with van der Waals surface area (Å²) in [5, 5.41) is 11.0. The highest BCUT2D eigenvalue weighted by Gasteiger charge is 2.00. The summed E-state index contributed by atoms with van der Waals surface area (Å²) in [6.45, 7) is 4.50. The standard InChI is InChI=1S/C13H19N5O/c1-11-8-13(19-2)9-12(16-11)10-14-4-3-6-18-7-5-15-17-18/h5,7-9,14H,3-4,6,10H2,1-2H3. The third-order valence-corrected chi connectivity index (χ3v) is 2.73. The molecule has 0 saturated carbocycles. The predicted molar refractivity (Wildman–Crippen MR) is 71.9 cm³/mol. The molecule has 0 spiro atoms. The Morgan fingerprint density at radius 1 is 1.37 bits per heavy atom. The zero-order valence-corrected chi connectivity index (χ0v) is 11.3. The fourth-order valence-corrected chi connectivity index (χ4v) is 1.85. The van der Waals surface area contributed by atoms with Gasteiger partial charge in [0.1, 0.15) is 5.75 Å². The van der Waals surface area contributed by atoms with Gasteiger partial charge in [-0.25, -0.2) is 0 Å². The first kappa shape index (κ1) is 13.5. The van der Waals surface area contributed by atoms with Crippen LogP contribution < -0.4 is 10.1 Å². The molecule has 0 aliphatic heterocycles. The lowest BCUT2D eigenvalue weighted by Gasteiger charge is -2.07. The molecule has 2 aromatic heterocycles. The van der Waals surface area contributed by atoms with Gasteiger partial charge in [0.25, 0.3) is 0 Å². The van der Waals surface area contributed by atoms with E-state index < -0.39 is 0 Å². The van der Waals surface area contributed by atoms with Crippen LogP contribution >= 0.6 is 0 Å². The van der Waals surface area contributed by atoms with E-state index in [4.69, 9.17) is 4.74 Å². The Labute approximate surface area is 112 Å². The molecule has 2 rings (SSSR count). The quantitative estimate of drug-likeness (QED) is 0.758. The molecule has 0 unspecified atom stereocenters. The molecule has 1 N–H and O–H groups in total. The van der Waals surface area contributed by atoms with Gasteiger partial charge in [0.05, 0.1) is 19.0 Å². The first-order valence-electron chi connectivity index (χ1n) is 6.34. The number of aryl methyl sites for hydroxylation is 2.